The molecule has 0 N–H and O–H groups in total. The molecule has 0 aromatic heterocycles. The highest BCUT2D eigenvalue weighted by atomic mass is 35.5. The number of imide groups is 1. The zero-order valence-corrected chi connectivity index (χ0v) is 16.6. The molecular weight excluding hydrogens is 382 g/mol. The van der Waals surface area contributed by atoms with E-state index in [1.54, 1.807) is 18.2 Å². The molecule has 0 spiro atoms. The van der Waals surface area contributed by atoms with E-state index in [1.807, 2.05) is 30.3 Å². The molecular formula is C25H18ClNO2. The zero-order chi connectivity index (χ0) is 19.9. The summed E-state index contributed by atoms with van der Waals surface area (Å²) in [6, 6.07) is 23.6. The number of carbonyl (C=O) groups is 2. The monoisotopic (exact) mass is 399 g/mol. The van der Waals surface area contributed by atoms with Crippen LogP contribution >= 0.6 is 11.6 Å². The van der Waals surface area contributed by atoms with Gasteiger partial charge in [0.2, 0.25) is 11.8 Å². The van der Waals surface area contributed by atoms with Crippen LogP contribution in [0.3, 0.4) is 0 Å². The van der Waals surface area contributed by atoms with E-state index in [0.717, 1.165) is 22.3 Å². The third-order valence-corrected chi connectivity index (χ3v) is 7.46. The molecule has 3 aromatic carbocycles. The van der Waals surface area contributed by atoms with Gasteiger partial charge in [-0.25, -0.2) is 4.90 Å². The van der Waals surface area contributed by atoms with Crippen LogP contribution in [-0.2, 0) is 15.0 Å². The summed E-state index contributed by atoms with van der Waals surface area (Å²) in [5.41, 5.74) is 4.58. The minimum Gasteiger partial charge on any atom is -0.274 e. The largest absolute Gasteiger partial charge is 0.274 e. The minimum atomic E-state index is -0.546. The fourth-order valence-electron chi connectivity index (χ4n) is 6.02. The van der Waals surface area contributed by atoms with Gasteiger partial charge in [0.1, 0.15) is 0 Å². The molecule has 0 unspecified atom stereocenters. The molecule has 4 heteroatoms. The molecule has 3 aromatic rings. The SMILES string of the molecule is CC12c3ccccc3C(c3ccccc31)[C@@H]1C(=O)N(c3ccccc3Cl)C(=O)[C@@H]12. The van der Waals surface area contributed by atoms with Crippen LogP contribution in [0.25, 0.3) is 0 Å². The number of carbonyl (C=O) groups excluding carboxylic acids is 2. The molecule has 1 heterocycles. The molecule has 29 heavy (non-hydrogen) atoms. The Labute approximate surface area is 173 Å². The lowest BCUT2D eigenvalue weighted by Gasteiger charge is -2.52. The molecule has 1 aliphatic heterocycles. The predicted octanol–water partition coefficient (Wildman–Crippen LogP) is 4.91. The molecule has 0 saturated carbocycles. The number of para-hydroxylation sites is 1. The van der Waals surface area contributed by atoms with E-state index in [9.17, 15) is 9.59 Å². The van der Waals surface area contributed by atoms with E-state index in [2.05, 4.69) is 31.2 Å². The van der Waals surface area contributed by atoms with E-state index in [-0.39, 0.29) is 17.7 Å². The zero-order valence-electron chi connectivity index (χ0n) is 15.8. The highest BCUT2D eigenvalue weighted by Gasteiger charge is 2.66. The number of hydrogen-bond donors (Lipinski definition) is 0. The summed E-state index contributed by atoms with van der Waals surface area (Å²) in [7, 11) is 0. The standard InChI is InChI=1S/C25H18ClNO2/c1-25-16-10-4-2-8-14(16)20(15-9-3-5-11-17(15)25)21-22(25)24(29)27(23(21)28)19-13-7-6-12-18(19)26/h2-13,20-22H,1H3/t20?,21-,22+,25?/m0/s1. The van der Waals surface area contributed by atoms with E-state index >= 15 is 0 Å². The van der Waals surface area contributed by atoms with Crippen molar-refractivity contribution >= 4 is 29.1 Å². The molecule has 3 nitrogen and oxygen atoms in total. The van der Waals surface area contributed by atoms with Crippen molar-refractivity contribution < 1.29 is 9.59 Å². The van der Waals surface area contributed by atoms with Crippen LogP contribution in [0.2, 0.25) is 5.02 Å². The van der Waals surface area contributed by atoms with Crippen molar-refractivity contribution in [1.29, 1.82) is 0 Å². The van der Waals surface area contributed by atoms with E-state index in [0.29, 0.717) is 10.7 Å². The number of halogens is 1. The Bertz CT molecular complexity index is 1170. The maximum atomic E-state index is 13.8. The second kappa shape index (κ2) is 5.58. The third kappa shape index (κ3) is 1.89. The van der Waals surface area contributed by atoms with Crippen LogP contribution in [0.15, 0.2) is 72.8 Å². The fraction of sp³-hybridized carbons (Fsp3) is 0.200. The third-order valence-electron chi connectivity index (χ3n) is 7.14. The molecule has 7 rings (SSSR count). The van der Waals surface area contributed by atoms with E-state index < -0.39 is 17.3 Å². The summed E-state index contributed by atoms with van der Waals surface area (Å²) in [5, 5.41) is 0.417. The maximum absolute atomic E-state index is 13.8. The predicted molar refractivity (Wildman–Crippen MR) is 112 cm³/mol. The van der Waals surface area contributed by atoms with Gasteiger partial charge in [-0.15, -0.1) is 0 Å². The second-order valence-electron chi connectivity index (χ2n) is 8.32. The Morgan fingerprint density at radius 1 is 0.793 bits per heavy atom. The van der Waals surface area contributed by atoms with Crippen LogP contribution in [0.5, 0.6) is 0 Å². The molecule has 4 aliphatic rings. The average Bonchev–Trinajstić information content (AvgIpc) is 3.01. The molecule has 2 bridgehead atoms. The summed E-state index contributed by atoms with van der Waals surface area (Å²) in [4.78, 5) is 28.8. The molecule has 3 aliphatic carbocycles. The highest BCUT2D eigenvalue weighted by Crippen LogP contribution is 2.64. The summed E-state index contributed by atoms with van der Waals surface area (Å²) < 4.78 is 0. The molecule has 2 atom stereocenters. The Balaban J connectivity index is 1.64. The van der Waals surface area contributed by atoms with Crippen molar-refractivity contribution in [3.8, 4) is 0 Å². The highest BCUT2D eigenvalue weighted by molar-refractivity contribution is 6.36. The Morgan fingerprint density at radius 3 is 1.97 bits per heavy atom. The number of rotatable bonds is 1. The first kappa shape index (κ1) is 17.0. The van der Waals surface area contributed by atoms with Gasteiger partial charge in [-0.1, -0.05) is 79.2 Å². The fourth-order valence-corrected chi connectivity index (χ4v) is 6.24. The maximum Gasteiger partial charge on any atom is 0.239 e. The molecule has 2 amide bonds. The number of hydrogen-bond acceptors (Lipinski definition) is 2. The smallest absolute Gasteiger partial charge is 0.239 e. The van der Waals surface area contributed by atoms with Crippen molar-refractivity contribution in [3.63, 3.8) is 0 Å². The minimum absolute atomic E-state index is 0.113. The van der Waals surface area contributed by atoms with E-state index in [4.69, 9.17) is 11.6 Å². The normalized spacial score (nSPS) is 28.9. The molecule has 1 saturated heterocycles. The van der Waals surface area contributed by atoms with Crippen LogP contribution in [0.1, 0.15) is 35.1 Å². The summed E-state index contributed by atoms with van der Waals surface area (Å²) >= 11 is 6.39. The van der Waals surface area contributed by atoms with Gasteiger partial charge in [0.05, 0.1) is 22.5 Å². The Kier molecular flexibility index (Phi) is 3.27. The molecule has 142 valence electrons. The topological polar surface area (TPSA) is 37.4 Å². The van der Waals surface area contributed by atoms with Gasteiger partial charge in [-0.2, -0.15) is 0 Å². The lowest BCUT2D eigenvalue weighted by atomic mass is 9.48. The molecule has 1 fully saturated rings. The van der Waals surface area contributed by atoms with Gasteiger partial charge in [-0.05, 0) is 34.4 Å². The van der Waals surface area contributed by atoms with Crippen LogP contribution in [0, 0.1) is 11.8 Å². The summed E-state index contributed by atoms with van der Waals surface area (Å²) in [6.45, 7) is 2.12. The van der Waals surface area contributed by atoms with Gasteiger partial charge in [-0.3, -0.25) is 9.59 Å². The van der Waals surface area contributed by atoms with Gasteiger partial charge in [0, 0.05) is 11.3 Å². The van der Waals surface area contributed by atoms with E-state index in [1.165, 1.54) is 4.90 Å². The first-order valence-corrected chi connectivity index (χ1v) is 10.2. The Morgan fingerprint density at radius 2 is 1.34 bits per heavy atom. The van der Waals surface area contributed by atoms with Crippen molar-refractivity contribution in [2.24, 2.45) is 11.8 Å². The average molecular weight is 400 g/mol. The van der Waals surface area contributed by atoms with Crippen molar-refractivity contribution in [1.82, 2.24) is 0 Å². The lowest BCUT2D eigenvalue weighted by Crippen LogP contribution is -2.51. The second-order valence-corrected chi connectivity index (χ2v) is 8.73. The van der Waals surface area contributed by atoms with Gasteiger partial charge >= 0.3 is 0 Å². The first-order valence-electron chi connectivity index (χ1n) is 9.86. The van der Waals surface area contributed by atoms with Gasteiger partial charge in [0.15, 0.2) is 0 Å². The van der Waals surface area contributed by atoms with Crippen molar-refractivity contribution in [2.45, 2.75) is 18.3 Å². The number of anilines is 1. The Hall–Kier alpha value is -2.91. The van der Waals surface area contributed by atoms with Crippen molar-refractivity contribution in [3.05, 3.63) is 100 Å². The number of benzene rings is 3. The van der Waals surface area contributed by atoms with Gasteiger partial charge in [0.25, 0.3) is 0 Å². The molecule has 0 radical (unpaired) electrons. The lowest BCUT2D eigenvalue weighted by molar-refractivity contribution is -0.123. The summed E-state index contributed by atoms with van der Waals surface area (Å²) in [6.07, 6.45) is 0. The van der Waals surface area contributed by atoms with Crippen LogP contribution < -0.4 is 4.90 Å². The van der Waals surface area contributed by atoms with Gasteiger partial charge < -0.3 is 0 Å². The first-order chi connectivity index (χ1) is 14.0. The summed E-state index contributed by atoms with van der Waals surface area (Å²) in [5.74, 6) is -1.24. The van der Waals surface area contributed by atoms with Crippen LogP contribution in [0.4, 0.5) is 5.69 Å². The number of amides is 2. The van der Waals surface area contributed by atoms with Crippen LogP contribution in [-0.4, -0.2) is 11.8 Å². The van der Waals surface area contributed by atoms with Crippen molar-refractivity contribution in [2.75, 3.05) is 4.90 Å². The number of nitrogens with zero attached hydrogens (tertiary/aromatic N) is 1. The quantitative estimate of drug-likeness (QED) is 0.545.